The van der Waals surface area contributed by atoms with Crippen LogP contribution in [0, 0.1) is 5.92 Å². The first-order valence-electron chi connectivity index (χ1n) is 5.75. The van der Waals surface area contributed by atoms with Gasteiger partial charge in [0.1, 0.15) is 5.75 Å². The first-order chi connectivity index (χ1) is 7.49. The first kappa shape index (κ1) is 13.9. The molecule has 6 heteroatoms. The fourth-order valence-electron chi connectivity index (χ4n) is 2.13. The maximum atomic E-state index is 11.4. The van der Waals surface area contributed by atoms with Gasteiger partial charge in [-0.05, 0) is 12.3 Å². The van der Waals surface area contributed by atoms with Gasteiger partial charge >= 0.3 is 0 Å². The van der Waals surface area contributed by atoms with Crippen LogP contribution in [0.3, 0.4) is 0 Å². The quantitative estimate of drug-likeness (QED) is 0.706. The SMILES string of the molecule is NC(=S)CS(=O)(=O)NCCC1CCCCC1. The highest BCUT2D eigenvalue weighted by Gasteiger charge is 2.15. The fourth-order valence-corrected chi connectivity index (χ4v) is 3.50. The van der Waals surface area contributed by atoms with Crippen molar-refractivity contribution in [1.82, 2.24) is 4.72 Å². The van der Waals surface area contributed by atoms with Gasteiger partial charge in [0.05, 0.1) is 4.99 Å². The molecule has 0 radical (unpaired) electrons. The molecule has 1 rings (SSSR count). The third-order valence-electron chi connectivity index (χ3n) is 2.93. The smallest absolute Gasteiger partial charge is 0.218 e. The summed E-state index contributed by atoms with van der Waals surface area (Å²) in [5, 5.41) is 0. The molecule has 1 fully saturated rings. The van der Waals surface area contributed by atoms with Crippen LogP contribution in [0.4, 0.5) is 0 Å². The largest absolute Gasteiger partial charge is 0.392 e. The molecule has 0 saturated heterocycles. The molecule has 1 aliphatic carbocycles. The van der Waals surface area contributed by atoms with Crippen molar-refractivity contribution < 1.29 is 8.42 Å². The summed E-state index contributed by atoms with van der Waals surface area (Å²) >= 11 is 4.58. The van der Waals surface area contributed by atoms with Gasteiger partial charge in [-0.25, -0.2) is 13.1 Å². The van der Waals surface area contributed by atoms with Crippen LogP contribution in [-0.2, 0) is 10.0 Å². The lowest BCUT2D eigenvalue weighted by atomic mass is 9.87. The second kappa shape index (κ2) is 6.51. The van der Waals surface area contributed by atoms with Gasteiger partial charge in [0, 0.05) is 6.54 Å². The number of nitrogens with one attached hydrogen (secondary N) is 1. The normalized spacial score (nSPS) is 18.5. The van der Waals surface area contributed by atoms with E-state index in [-0.39, 0.29) is 10.7 Å². The predicted molar refractivity (Wildman–Crippen MR) is 69.8 cm³/mol. The molecule has 0 aromatic rings. The maximum absolute atomic E-state index is 11.4. The Bertz CT molecular complexity index is 322. The summed E-state index contributed by atoms with van der Waals surface area (Å²) in [6.45, 7) is 0.510. The zero-order valence-electron chi connectivity index (χ0n) is 9.44. The van der Waals surface area contributed by atoms with Crippen molar-refractivity contribution in [2.24, 2.45) is 11.7 Å². The van der Waals surface area contributed by atoms with Crippen LogP contribution in [0.2, 0.25) is 0 Å². The number of thiocarbonyl (C=S) groups is 1. The third kappa shape index (κ3) is 5.77. The van der Waals surface area contributed by atoms with E-state index in [9.17, 15) is 8.42 Å². The van der Waals surface area contributed by atoms with Crippen molar-refractivity contribution in [3.8, 4) is 0 Å². The van der Waals surface area contributed by atoms with Gasteiger partial charge in [0.15, 0.2) is 0 Å². The van der Waals surface area contributed by atoms with E-state index < -0.39 is 10.0 Å². The molecule has 0 aromatic heterocycles. The summed E-state index contributed by atoms with van der Waals surface area (Å²) in [7, 11) is -3.30. The Morgan fingerprint density at radius 1 is 1.31 bits per heavy atom. The summed E-state index contributed by atoms with van der Waals surface area (Å²) in [4.78, 5) is 0.0187. The molecule has 0 aliphatic heterocycles. The summed E-state index contributed by atoms with van der Waals surface area (Å²) in [5.41, 5.74) is 5.21. The maximum Gasteiger partial charge on any atom is 0.218 e. The standard InChI is InChI=1S/C10H20N2O2S2/c11-10(15)8-16(13,14)12-7-6-9-4-2-1-3-5-9/h9,12H,1-8H2,(H2,11,15). The van der Waals surface area contributed by atoms with Crippen molar-refractivity contribution in [2.45, 2.75) is 38.5 Å². The van der Waals surface area contributed by atoms with E-state index in [1.807, 2.05) is 0 Å². The molecule has 0 heterocycles. The van der Waals surface area contributed by atoms with Crippen molar-refractivity contribution in [3.05, 3.63) is 0 Å². The van der Waals surface area contributed by atoms with Gasteiger partial charge in [-0.15, -0.1) is 0 Å². The lowest BCUT2D eigenvalue weighted by Crippen LogP contribution is -2.33. The summed E-state index contributed by atoms with van der Waals surface area (Å²) in [5.74, 6) is 0.439. The molecule has 4 nitrogen and oxygen atoms in total. The zero-order chi connectivity index (χ0) is 12.0. The molecule has 0 unspecified atom stereocenters. The predicted octanol–water partition coefficient (Wildman–Crippen LogP) is 1.16. The van der Waals surface area contributed by atoms with Gasteiger partial charge in [0.2, 0.25) is 10.0 Å². The molecular formula is C10H20N2O2S2. The van der Waals surface area contributed by atoms with E-state index >= 15 is 0 Å². The minimum atomic E-state index is -3.30. The molecule has 0 aromatic carbocycles. The van der Waals surface area contributed by atoms with E-state index in [2.05, 4.69) is 16.9 Å². The Morgan fingerprint density at radius 3 is 2.50 bits per heavy atom. The lowest BCUT2D eigenvalue weighted by Gasteiger charge is -2.21. The second-order valence-corrected chi connectivity index (χ2v) is 6.74. The van der Waals surface area contributed by atoms with Crippen LogP contribution < -0.4 is 10.5 Å². The van der Waals surface area contributed by atoms with E-state index in [1.165, 1.54) is 32.1 Å². The molecule has 1 aliphatic rings. The number of rotatable bonds is 6. The van der Waals surface area contributed by atoms with Crippen molar-refractivity contribution in [1.29, 1.82) is 0 Å². The molecule has 16 heavy (non-hydrogen) atoms. The summed E-state index contributed by atoms with van der Waals surface area (Å²) in [6, 6.07) is 0. The molecule has 94 valence electrons. The highest BCUT2D eigenvalue weighted by Crippen LogP contribution is 2.25. The van der Waals surface area contributed by atoms with Gasteiger partial charge in [-0.2, -0.15) is 0 Å². The van der Waals surface area contributed by atoms with Crippen LogP contribution in [0.25, 0.3) is 0 Å². The average molecular weight is 264 g/mol. The molecular weight excluding hydrogens is 244 g/mol. The summed E-state index contributed by atoms with van der Waals surface area (Å²) in [6.07, 6.45) is 7.28. The average Bonchev–Trinajstić information content (AvgIpc) is 2.16. The Balaban J connectivity index is 2.21. The minimum absolute atomic E-state index is 0.0187. The van der Waals surface area contributed by atoms with Crippen LogP contribution in [0.1, 0.15) is 38.5 Å². The van der Waals surface area contributed by atoms with E-state index in [1.54, 1.807) is 0 Å². The monoisotopic (exact) mass is 264 g/mol. The van der Waals surface area contributed by atoms with Crippen molar-refractivity contribution in [3.63, 3.8) is 0 Å². The molecule has 1 saturated carbocycles. The molecule has 0 spiro atoms. The lowest BCUT2D eigenvalue weighted by molar-refractivity contribution is 0.340. The highest BCUT2D eigenvalue weighted by molar-refractivity contribution is 7.92. The van der Waals surface area contributed by atoms with E-state index in [4.69, 9.17) is 5.73 Å². The Morgan fingerprint density at radius 2 is 1.94 bits per heavy atom. The topological polar surface area (TPSA) is 72.2 Å². The second-order valence-electron chi connectivity index (χ2n) is 4.41. The minimum Gasteiger partial charge on any atom is -0.392 e. The number of hydrogen-bond donors (Lipinski definition) is 2. The number of hydrogen-bond acceptors (Lipinski definition) is 3. The van der Waals surface area contributed by atoms with Gasteiger partial charge in [0.25, 0.3) is 0 Å². The molecule has 0 amide bonds. The zero-order valence-corrected chi connectivity index (χ0v) is 11.1. The first-order valence-corrected chi connectivity index (χ1v) is 7.81. The number of sulfonamides is 1. The van der Waals surface area contributed by atoms with Gasteiger partial charge in [-0.1, -0.05) is 44.3 Å². The van der Waals surface area contributed by atoms with Crippen molar-refractivity contribution in [2.75, 3.05) is 12.3 Å². The van der Waals surface area contributed by atoms with E-state index in [0.717, 1.165) is 6.42 Å². The molecule has 0 atom stereocenters. The Hall–Kier alpha value is -0.200. The van der Waals surface area contributed by atoms with Crippen molar-refractivity contribution >= 4 is 27.2 Å². The molecule has 0 bridgehead atoms. The highest BCUT2D eigenvalue weighted by atomic mass is 32.2. The molecule has 3 N–H and O–H groups in total. The van der Waals surface area contributed by atoms with Crippen LogP contribution in [-0.4, -0.2) is 25.7 Å². The Labute approximate surface area is 103 Å². The third-order valence-corrected chi connectivity index (χ3v) is 4.59. The Kier molecular flexibility index (Phi) is 5.64. The van der Waals surface area contributed by atoms with Gasteiger partial charge in [-0.3, -0.25) is 0 Å². The van der Waals surface area contributed by atoms with E-state index in [0.29, 0.717) is 12.5 Å². The fraction of sp³-hybridized carbons (Fsp3) is 0.900. The van der Waals surface area contributed by atoms with Gasteiger partial charge < -0.3 is 5.73 Å². The van der Waals surface area contributed by atoms with Crippen LogP contribution in [0.5, 0.6) is 0 Å². The van der Waals surface area contributed by atoms with Crippen LogP contribution in [0.15, 0.2) is 0 Å². The number of nitrogens with two attached hydrogens (primary N) is 1. The summed E-state index contributed by atoms with van der Waals surface area (Å²) < 4.78 is 25.4. The van der Waals surface area contributed by atoms with Crippen LogP contribution >= 0.6 is 12.2 Å².